The second-order valence-corrected chi connectivity index (χ2v) is 8.01. The molecule has 1 atom stereocenters. The molecule has 5 heteroatoms. The van der Waals surface area contributed by atoms with Crippen LogP contribution in [0.3, 0.4) is 0 Å². The molecule has 0 aliphatic carbocycles. The lowest BCUT2D eigenvalue weighted by Gasteiger charge is -2.37. The molecule has 0 N–H and O–H groups in total. The van der Waals surface area contributed by atoms with Gasteiger partial charge < -0.3 is 9.42 Å². The summed E-state index contributed by atoms with van der Waals surface area (Å²) in [6, 6.07) is 0.213. The molecule has 2 rings (SSSR count). The van der Waals surface area contributed by atoms with Crippen molar-refractivity contribution >= 4 is 0 Å². The molecule has 0 amide bonds. The summed E-state index contributed by atoms with van der Waals surface area (Å²) in [6.07, 6.45) is 1.25. The molecule has 2 heterocycles. The highest BCUT2D eigenvalue weighted by atomic mass is 16.5. The van der Waals surface area contributed by atoms with Crippen molar-refractivity contribution in [2.75, 3.05) is 32.7 Å². The van der Waals surface area contributed by atoms with E-state index in [4.69, 9.17) is 4.52 Å². The van der Waals surface area contributed by atoms with Crippen molar-refractivity contribution in [3.8, 4) is 0 Å². The molecule has 1 aliphatic rings. The summed E-state index contributed by atoms with van der Waals surface area (Å²) in [5, 5.41) is 4.08. The Labute approximate surface area is 135 Å². The number of nitrogens with zero attached hydrogens (tertiary/aromatic N) is 4. The minimum Gasteiger partial charge on any atom is -0.338 e. The van der Waals surface area contributed by atoms with Gasteiger partial charge in [-0.1, -0.05) is 39.8 Å². The third kappa shape index (κ3) is 4.78. The van der Waals surface area contributed by atoms with Crippen molar-refractivity contribution < 1.29 is 4.52 Å². The van der Waals surface area contributed by atoms with Crippen molar-refractivity contribution in [2.24, 2.45) is 5.41 Å². The predicted molar refractivity (Wildman–Crippen MR) is 88.9 cm³/mol. The highest BCUT2D eigenvalue weighted by Gasteiger charge is 2.26. The quantitative estimate of drug-likeness (QED) is 0.835. The normalized spacial score (nSPS) is 19.8. The zero-order valence-corrected chi connectivity index (χ0v) is 15.1. The lowest BCUT2D eigenvalue weighted by molar-refractivity contribution is 0.0821. The summed E-state index contributed by atoms with van der Waals surface area (Å²) < 4.78 is 5.44. The summed E-state index contributed by atoms with van der Waals surface area (Å²) >= 11 is 0. The smallest absolute Gasteiger partial charge is 0.243 e. The SMILES string of the molecule is CC(C)c1noc([C@H](C)N2CCN(CCC(C)(C)C)CC2)n1. The van der Waals surface area contributed by atoms with E-state index >= 15 is 0 Å². The van der Waals surface area contributed by atoms with E-state index in [1.165, 1.54) is 13.0 Å². The Morgan fingerprint density at radius 2 is 1.73 bits per heavy atom. The van der Waals surface area contributed by atoms with E-state index in [9.17, 15) is 0 Å². The average molecular weight is 308 g/mol. The number of hydrogen-bond acceptors (Lipinski definition) is 5. The van der Waals surface area contributed by atoms with Gasteiger partial charge in [0, 0.05) is 32.1 Å². The van der Waals surface area contributed by atoms with Crippen molar-refractivity contribution in [1.82, 2.24) is 19.9 Å². The Bertz CT molecular complexity index is 455. The largest absolute Gasteiger partial charge is 0.338 e. The molecule has 0 saturated carbocycles. The third-order valence-electron chi connectivity index (χ3n) is 4.46. The lowest BCUT2D eigenvalue weighted by atomic mass is 9.92. The monoisotopic (exact) mass is 308 g/mol. The molecular formula is C17H32N4O. The first-order chi connectivity index (χ1) is 10.3. The standard InChI is InChI=1S/C17H32N4O/c1-13(2)15-18-16(22-19-15)14(3)21-11-9-20(10-12-21)8-7-17(4,5)6/h13-14H,7-12H2,1-6H3/t14-/m0/s1. The molecule has 0 spiro atoms. The topological polar surface area (TPSA) is 45.4 Å². The van der Waals surface area contributed by atoms with E-state index < -0.39 is 0 Å². The highest BCUT2D eigenvalue weighted by Crippen LogP contribution is 2.23. The molecule has 1 fully saturated rings. The molecule has 0 unspecified atom stereocenters. The number of rotatable bonds is 5. The molecule has 0 bridgehead atoms. The average Bonchev–Trinajstić information content (AvgIpc) is 2.94. The Balaban J connectivity index is 1.82. The fourth-order valence-corrected chi connectivity index (χ4v) is 2.68. The molecule has 1 aliphatic heterocycles. The van der Waals surface area contributed by atoms with E-state index in [1.807, 2.05) is 0 Å². The van der Waals surface area contributed by atoms with Crippen molar-refractivity contribution in [3.63, 3.8) is 0 Å². The first kappa shape index (κ1) is 17.4. The molecule has 5 nitrogen and oxygen atoms in total. The van der Waals surface area contributed by atoms with Crippen LogP contribution in [0.5, 0.6) is 0 Å². The number of piperazine rings is 1. The number of aromatic nitrogens is 2. The van der Waals surface area contributed by atoms with Crippen LogP contribution >= 0.6 is 0 Å². The fourth-order valence-electron chi connectivity index (χ4n) is 2.68. The highest BCUT2D eigenvalue weighted by molar-refractivity contribution is 4.96. The van der Waals surface area contributed by atoms with Crippen LogP contribution in [0.25, 0.3) is 0 Å². The first-order valence-electron chi connectivity index (χ1n) is 8.56. The zero-order chi connectivity index (χ0) is 16.3. The molecule has 22 heavy (non-hydrogen) atoms. The minimum absolute atomic E-state index is 0.213. The molecule has 0 aromatic carbocycles. The van der Waals surface area contributed by atoms with Gasteiger partial charge in [-0.05, 0) is 25.3 Å². The van der Waals surface area contributed by atoms with Gasteiger partial charge >= 0.3 is 0 Å². The number of hydrogen-bond donors (Lipinski definition) is 0. The Morgan fingerprint density at radius 1 is 1.09 bits per heavy atom. The second kappa shape index (κ2) is 7.09. The van der Waals surface area contributed by atoms with Crippen LogP contribution in [0.15, 0.2) is 4.52 Å². The van der Waals surface area contributed by atoms with Gasteiger partial charge in [-0.2, -0.15) is 4.98 Å². The van der Waals surface area contributed by atoms with Gasteiger partial charge in [-0.3, -0.25) is 4.90 Å². The lowest BCUT2D eigenvalue weighted by Crippen LogP contribution is -2.47. The van der Waals surface area contributed by atoms with Crippen LogP contribution < -0.4 is 0 Å². The maximum Gasteiger partial charge on any atom is 0.243 e. The third-order valence-corrected chi connectivity index (χ3v) is 4.46. The molecule has 1 aromatic heterocycles. The van der Waals surface area contributed by atoms with E-state index in [2.05, 4.69) is 61.5 Å². The van der Waals surface area contributed by atoms with E-state index in [0.717, 1.165) is 37.9 Å². The summed E-state index contributed by atoms with van der Waals surface area (Å²) in [4.78, 5) is 9.56. The molecule has 0 radical (unpaired) electrons. The second-order valence-electron chi connectivity index (χ2n) is 8.01. The molecule has 1 saturated heterocycles. The molecular weight excluding hydrogens is 276 g/mol. The van der Waals surface area contributed by atoms with Crippen LogP contribution in [0.2, 0.25) is 0 Å². The van der Waals surface area contributed by atoms with Gasteiger partial charge in [-0.25, -0.2) is 0 Å². The van der Waals surface area contributed by atoms with Gasteiger partial charge in [0.25, 0.3) is 0 Å². The van der Waals surface area contributed by atoms with E-state index in [1.54, 1.807) is 0 Å². The van der Waals surface area contributed by atoms with Crippen LogP contribution in [-0.2, 0) is 0 Å². The van der Waals surface area contributed by atoms with Crippen molar-refractivity contribution in [2.45, 2.75) is 59.9 Å². The Morgan fingerprint density at radius 3 is 2.23 bits per heavy atom. The summed E-state index contributed by atoms with van der Waals surface area (Å²) in [5.74, 6) is 1.89. The van der Waals surface area contributed by atoms with Crippen molar-refractivity contribution in [1.29, 1.82) is 0 Å². The minimum atomic E-state index is 0.213. The maximum absolute atomic E-state index is 5.44. The molecule has 1 aromatic rings. The first-order valence-corrected chi connectivity index (χ1v) is 8.56. The fraction of sp³-hybridized carbons (Fsp3) is 0.882. The van der Waals surface area contributed by atoms with Gasteiger partial charge in [0.2, 0.25) is 5.89 Å². The van der Waals surface area contributed by atoms with E-state index in [-0.39, 0.29) is 6.04 Å². The van der Waals surface area contributed by atoms with Gasteiger partial charge in [0.15, 0.2) is 5.82 Å². The Hall–Kier alpha value is -0.940. The van der Waals surface area contributed by atoms with Crippen LogP contribution in [0, 0.1) is 5.41 Å². The summed E-state index contributed by atoms with van der Waals surface area (Å²) in [6.45, 7) is 18.9. The van der Waals surface area contributed by atoms with E-state index in [0.29, 0.717) is 11.3 Å². The molecule has 126 valence electrons. The van der Waals surface area contributed by atoms with Gasteiger partial charge in [0.05, 0.1) is 6.04 Å². The Kier molecular flexibility index (Phi) is 5.61. The van der Waals surface area contributed by atoms with Gasteiger partial charge in [-0.15, -0.1) is 0 Å². The zero-order valence-electron chi connectivity index (χ0n) is 15.1. The maximum atomic E-state index is 5.44. The summed E-state index contributed by atoms with van der Waals surface area (Å²) in [7, 11) is 0. The van der Waals surface area contributed by atoms with Gasteiger partial charge in [0.1, 0.15) is 0 Å². The van der Waals surface area contributed by atoms with Crippen LogP contribution in [0.1, 0.15) is 71.6 Å². The predicted octanol–water partition coefficient (Wildman–Crippen LogP) is 3.31. The van der Waals surface area contributed by atoms with Crippen LogP contribution in [0.4, 0.5) is 0 Å². The summed E-state index contributed by atoms with van der Waals surface area (Å²) in [5.41, 5.74) is 0.418. The van der Waals surface area contributed by atoms with Crippen molar-refractivity contribution in [3.05, 3.63) is 11.7 Å². The van der Waals surface area contributed by atoms with Crippen LogP contribution in [-0.4, -0.2) is 52.7 Å².